The Balaban J connectivity index is 1.58. The predicted octanol–water partition coefficient (Wildman–Crippen LogP) is 3.63. The van der Waals surface area contributed by atoms with Gasteiger partial charge in [-0.15, -0.1) is 20.4 Å². The van der Waals surface area contributed by atoms with Crippen LogP contribution >= 0.6 is 11.8 Å². The number of hydrogen-bond donors (Lipinski definition) is 0. The molecule has 0 aliphatic heterocycles. The Morgan fingerprint density at radius 2 is 1.78 bits per heavy atom. The minimum atomic E-state index is -0.0208. The van der Waals surface area contributed by atoms with Crippen LogP contribution in [-0.2, 0) is 0 Å². The van der Waals surface area contributed by atoms with E-state index in [9.17, 15) is 0 Å². The highest BCUT2D eigenvalue weighted by molar-refractivity contribution is 7.99. The molecule has 0 unspecified atom stereocenters. The minimum Gasteiger partial charge on any atom is -0.419 e. The van der Waals surface area contributed by atoms with E-state index in [4.69, 9.17) is 4.42 Å². The zero-order chi connectivity index (χ0) is 15.6. The molecule has 6 nitrogen and oxygen atoms in total. The highest BCUT2D eigenvalue weighted by atomic mass is 32.2. The highest BCUT2D eigenvalue weighted by Gasteiger charge is 2.18. The third-order valence-corrected chi connectivity index (χ3v) is 4.42. The number of hydrogen-bond acceptors (Lipinski definition) is 6. The summed E-state index contributed by atoms with van der Waals surface area (Å²) in [7, 11) is 0. The molecule has 0 saturated heterocycles. The Bertz CT molecular complexity index is 934. The average Bonchev–Trinajstić information content (AvgIpc) is 3.24. The molecule has 114 valence electrons. The van der Waals surface area contributed by atoms with Crippen LogP contribution in [0.4, 0.5) is 0 Å². The van der Waals surface area contributed by atoms with Crippen molar-refractivity contribution in [1.29, 1.82) is 0 Å². The number of thioether (sulfide) groups is 1. The number of fused-ring (bicyclic) bond motifs is 1. The van der Waals surface area contributed by atoms with E-state index < -0.39 is 0 Å². The Labute approximate surface area is 136 Å². The molecule has 4 aromatic rings. The van der Waals surface area contributed by atoms with Gasteiger partial charge in [0.2, 0.25) is 11.8 Å². The Morgan fingerprint density at radius 3 is 2.65 bits per heavy atom. The van der Waals surface area contributed by atoms with Gasteiger partial charge in [-0.2, -0.15) is 0 Å². The fourth-order valence-electron chi connectivity index (χ4n) is 2.20. The van der Waals surface area contributed by atoms with Crippen LogP contribution in [0.15, 0.2) is 64.3 Å². The van der Waals surface area contributed by atoms with Gasteiger partial charge in [0.25, 0.3) is 0 Å². The number of rotatable bonds is 4. The first-order chi connectivity index (χ1) is 11.3. The van der Waals surface area contributed by atoms with Crippen LogP contribution in [0.5, 0.6) is 0 Å². The van der Waals surface area contributed by atoms with Gasteiger partial charge in [-0.05, 0) is 31.2 Å². The van der Waals surface area contributed by atoms with Crippen molar-refractivity contribution in [2.75, 3.05) is 0 Å². The smallest absolute Gasteiger partial charge is 0.247 e. The SMILES string of the molecule is C[C@@H](Sc1nnc2ccccn12)c1nnc(-c2ccccc2)o1. The molecular formula is C16H13N5OS. The summed E-state index contributed by atoms with van der Waals surface area (Å²) < 4.78 is 7.73. The Kier molecular flexibility index (Phi) is 3.55. The molecule has 1 aromatic carbocycles. The molecular weight excluding hydrogens is 310 g/mol. The van der Waals surface area contributed by atoms with Gasteiger partial charge in [0.1, 0.15) is 0 Å². The molecule has 3 aromatic heterocycles. The Morgan fingerprint density at radius 1 is 0.957 bits per heavy atom. The van der Waals surface area contributed by atoms with Gasteiger partial charge in [-0.3, -0.25) is 4.40 Å². The third-order valence-electron chi connectivity index (χ3n) is 3.37. The summed E-state index contributed by atoms with van der Waals surface area (Å²) in [6.45, 7) is 2.01. The van der Waals surface area contributed by atoms with Crippen molar-refractivity contribution in [3.63, 3.8) is 0 Å². The molecule has 3 heterocycles. The zero-order valence-electron chi connectivity index (χ0n) is 12.3. The van der Waals surface area contributed by atoms with Crippen LogP contribution in [-0.4, -0.2) is 24.8 Å². The summed E-state index contributed by atoms with van der Waals surface area (Å²) in [4.78, 5) is 0. The number of aromatic nitrogens is 5. The van der Waals surface area contributed by atoms with Crippen molar-refractivity contribution in [3.8, 4) is 11.5 Å². The summed E-state index contributed by atoms with van der Waals surface area (Å²) >= 11 is 1.53. The molecule has 23 heavy (non-hydrogen) atoms. The van der Waals surface area contributed by atoms with Crippen LogP contribution < -0.4 is 0 Å². The second-order valence-electron chi connectivity index (χ2n) is 4.98. The molecule has 0 radical (unpaired) electrons. The van der Waals surface area contributed by atoms with Crippen molar-refractivity contribution < 1.29 is 4.42 Å². The third kappa shape index (κ3) is 2.70. The lowest BCUT2D eigenvalue weighted by Gasteiger charge is -2.04. The van der Waals surface area contributed by atoms with E-state index in [2.05, 4.69) is 20.4 Å². The van der Waals surface area contributed by atoms with Crippen molar-refractivity contribution >= 4 is 17.4 Å². The van der Waals surface area contributed by atoms with Gasteiger partial charge in [0.05, 0.1) is 5.25 Å². The molecule has 0 saturated carbocycles. The molecule has 0 spiro atoms. The van der Waals surface area contributed by atoms with E-state index in [1.807, 2.05) is 66.1 Å². The molecule has 0 fully saturated rings. The molecule has 0 aliphatic rings. The van der Waals surface area contributed by atoms with E-state index in [0.29, 0.717) is 11.8 Å². The first-order valence-corrected chi connectivity index (χ1v) is 8.04. The van der Waals surface area contributed by atoms with Crippen molar-refractivity contribution in [3.05, 3.63) is 60.6 Å². The minimum absolute atomic E-state index is 0.0208. The van der Waals surface area contributed by atoms with Crippen molar-refractivity contribution in [2.45, 2.75) is 17.3 Å². The van der Waals surface area contributed by atoms with Gasteiger partial charge < -0.3 is 4.42 Å². The van der Waals surface area contributed by atoms with Crippen molar-refractivity contribution in [2.24, 2.45) is 0 Å². The van der Waals surface area contributed by atoms with Crippen LogP contribution in [0.1, 0.15) is 18.1 Å². The van der Waals surface area contributed by atoms with E-state index in [1.165, 1.54) is 11.8 Å². The van der Waals surface area contributed by atoms with E-state index in [-0.39, 0.29) is 5.25 Å². The molecule has 4 rings (SSSR count). The first kappa shape index (κ1) is 14.0. The summed E-state index contributed by atoms with van der Waals surface area (Å²) in [5, 5.41) is 17.4. The summed E-state index contributed by atoms with van der Waals surface area (Å²) in [6.07, 6.45) is 1.94. The maximum atomic E-state index is 5.79. The number of benzene rings is 1. The summed E-state index contributed by atoms with van der Waals surface area (Å²) in [6, 6.07) is 15.5. The maximum Gasteiger partial charge on any atom is 0.247 e. The lowest BCUT2D eigenvalue weighted by atomic mass is 10.2. The second-order valence-corrected chi connectivity index (χ2v) is 6.29. The van der Waals surface area contributed by atoms with E-state index in [1.54, 1.807) is 0 Å². The maximum absolute atomic E-state index is 5.79. The van der Waals surface area contributed by atoms with Gasteiger partial charge in [0, 0.05) is 11.8 Å². The van der Waals surface area contributed by atoms with Crippen molar-refractivity contribution in [1.82, 2.24) is 24.8 Å². The van der Waals surface area contributed by atoms with Crippen LogP contribution in [0.3, 0.4) is 0 Å². The molecule has 7 heteroatoms. The van der Waals surface area contributed by atoms with Crippen LogP contribution in [0.25, 0.3) is 17.1 Å². The van der Waals surface area contributed by atoms with Gasteiger partial charge >= 0.3 is 0 Å². The largest absolute Gasteiger partial charge is 0.419 e. The average molecular weight is 323 g/mol. The molecule has 1 atom stereocenters. The van der Waals surface area contributed by atoms with Gasteiger partial charge in [-0.25, -0.2) is 0 Å². The standard InChI is InChI=1S/C16H13N5OS/c1-11(23-16-20-17-13-9-5-6-10-21(13)16)14-18-19-15(22-14)12-7-3-2-4-8-12/h2-11H,1H3/t11-/m1/s1. The van der Waals surface area contributed by atoms with E-state index >= 15 is 0 Å². The van der Waals surface area contributed by atoms with Gasteiger partial charge in [-0.1, -0.05) is 36.0 Å². The quantitative estimate of drug-likeness (QED) is 0.534. The topological polar surface area (TPSA) is 69.1 Å². The van der Waals surface area contributed by atoms with Crippen LogP contribution in [0.2, 0.25) is 0 Å². The highest BCUT2D eigenvalue weighted by Crippen LogP contribution is 2.34. The predicted molar refractivity (Wildman–Crippen MR) is 87.0 cm³/mol. The molecule has 0 N–H and O–H groups in total. The normalized spacial score (nSPS) is 12.6. The number of pyridine rings is 1. The molecule has 0 aliphatic carbocycles. The van der Waals surface area contributed by atoms with E-state index in [0.717, 1.165) is 16.4 Å². The summed E-state index contributed by atoms with van der Waals surface area (Å²) in [5.74, 6) is 1.10. The fourth-order valence-corrected chi connectivity index (χ4v) is 3.07. The lowest BCUT2D eigenvalue weighted by Crippen LogP contribution is -1.92. The molecule has 0 bridgehead atoms. The monoisotopic (exact) mass is 323 g/mol. The van der Waals surface area contributed by atoms with Crippen LogP contribution in [0, 0.1) is 0 Å². The summed E-state index contributed by atoms with van der Waals surface area (Å²) in [5.41, 5.74) is 1.73. The first-order valence-electron chi connectivity index (χ1n) is 7.16. The lowest BCUT2D eigenvalue weighted by molar-refractivity contribution is 0.509. The molecule has 0 amide bonds. The number of nitrogens with zero attached hydrogens (tertiary/aromatic N) is 5. The van der Waals surface area contributed by atoms with Gasteiger partial charge in [0.15, 0.2) is 10.8 Å². The Hall–Kier alpha value is -2.67. The second kappa shape index (κ2) is 5.85. The zero-order valence-corrected chi connectivity index (χ0v) is 13.1. The fraction of sp³-hybridized carbons (Fsp3) is 0.125.